The largest absolute Gasteiger partial charge is 0.370 e. The molecule has 1 aliphatic heterocycles. The number of amides is 1. The first-order chi connectivity index (χ1) is 12.0. The van der Waals surface area contributed by atoms with Crippen molar-refractivity contribution in [2.75, 3.05) is 31.1 Å². The highest BCUT2D eigenvalue weighted by Crippen LogP contribution is 2.17. The molecular weight excluding hydrogens is 324 g/mol. The lowest BCUT2D eigenvalue weighted by molar-refractivity contribution is -0.130. The molecule has 0 aliphatic carbocycles. The van der Waals surface area contributed by atoms with Crippen LogP contribution in [-0.4, -0.2) is 42.0 Å². The molecule has 4 nitrogen and oxygen atoms in total. The molecule has 0 radical (unpaired) electrons. The van der Waals surface area contributed by atoms with E-state index in [0.717, 1.165) is 37.0 Å². The first-order valence-electron chi connectivity index (χ1n) is 8.41. The van der Waals surface area contributed by atoms with Gasteiger partial charge in [0.25, 0.3) is 0 Å². The van der Waals surface area contributed by atoms with Crippen LogP contribution in [0.3, 0.4) is 0 Å². The Morgan fingerprint density at radius 3 is 2.56 bits per heavy atom. The van der Waals surface area contributed by atoms with Crippen LogP contribution in [0.2, 0.25) is 0 Å². The summed E-state index contributed by atoms with van der Waals surface area (Å²) in [5.74, 6) is -1.41. The second-order valence-electron chi connectivity index (χ2n) is 6.33. The van der Waals surface area contributed by atoms with Crippen LogP contribution in [0.15, 0.2) is 36.5 Å². The van der Waals surface area contributed by atoms with E-state index in [1.807, 2.05) is 19.1 Å². The van der Waals surface area contributed by atoms with Gasteiger partial charge in [0.05, 0.1) is 6.42 Å². The maximum absolute atomic E-state index is 13.3. The Balaban J connectivity index is 1.63. The fraction of sp³-hybridized carbons (Fsp3) is 0.368. The average molecular weight is 345 g/mol. The lowest BCUT2D eigenvalue weighted by atomic mass is 10.1. The number of aromatic nitrogens is 1. The molecule has 0 saturated carbocycles. The molecule has 0 bridgehead atoms. The summed E-state index contributed by atoms with van der Waals surface area (Å²) < 4.78 is 26.6. The van der Waals surface area contributed by atoms with Crippen molar-refractivity contribution in [2.24, 2.45) is 0 Å². The SMILES string of the molecule is Cc1cc(N2CCCN(C(=O)Cc3cc(F)cc(F)c3)CC2)ccn1. The van der Waals surface area contributed by atoms with Gasteiger partial charge in [0, 0.05) is 49.8 Å². The van der Waals surface area contributed by atoms with E-state index in [2.05, 4.69) is 9.88 Å². The van der Waals surface area contributed by atoms with Gasteiger partial charge in [-0.05, 0) is 43.2 Å². The van der Waals surface area contributed by atoms with Crippen molar-refractivity contribution in [1.82, 2.24) is 9.88 Å². The summed E-state index contributed by atoms with van der Waals surface area (Å²) in [6, 6.07) is 7.25. The zero-order valence-corrected chi connectivity index (χ0v) is 14.2. The Morgan fingerprint density at radius 1 is 1.08 bits per heavy atom. The smallest absolute Gasteiger partial charge is 0.227 e. The summed E-state index contributed by atoms with van der Waals surface area (Å²) in [5, 5.41) is 0. The van der Waals surface area contributed by atoms with Gasteiger partial charge < -0.3 is 9.80 Å². The van der Waals surface area contributed by atoms with Crippen LogP contribution < -0.4 is 4.90 Å². The molecule has 6 heteroatoms. The van der Waals surface area contributed by atoms with Gasteiger partial charge >= 0.3 is 0 Å². The molecule has 25 heavy (non-hydrogen) atoms. The Kier molecular flexibility index (Phi) is 5.26. The number of hydrogen-bond acceptors (Lipinski definition) is 3. The zero-order valence-electron chi connectivity index (χ0n) is 14.2. The molecule has 0 spiro atoms. The van der Waals surface area contributed by atoms with Crippen molar-refractivity contribution >= 4 is 11.6 Å². The molecule has 2 heterocycles. The molecule has 1 fully saturated rings. The second kappa shape index (κ2) is 7.59. The maximum Gasteiger partial charge on any atom is 0.227 e. The number of halogens is 2. The molecule has 1 aliphatic rings. The average Bonchev–Trinajstić information content (AvgIpc) is 2.80. The molecule has 1 amide bonds. The molecule has 1 aromatic carbocycles. The minimum atomic E-state index is -0.655. The van der Waals surface area contributed by atoms with E-state index in [-0.39, 0.29) is 12.3 Å². The minimum Gasteiger partial charge on any atom is -0.370 e. The third-order valence-electron chi connectivity index (χ3n) is 4.37. The summed E-state index contributed by atoms with van der Waals surface area (Å²) >= 11 is 0. The van der Waals surface area contributed by atoms with Crippen LogP contribution in [0.5, 0.6) is 0 Å². The number of carbonyl (C=O) groups is 1. The fourth-order valence-electron chi connectivity index (χ4n) is 3.15. The van der Waals surface area contributed by atoms with E-state index in [9.17, 15) is 13.6 Å². The number of pyridine rings is 1. The van der Waals surface area contributed by atoms with Gasteiger partial charge in [-0.1, -0.05) is 0 Å². The molecule has 0 unspecified atom stereocenters. The van der Waals surface area contributed by atoms with Gasteiger partial charge in [0.15, 0.2) is 0 Å². The van der Waals surface area contributed by atoms with E-state index in [0.29, 0.717) is 18.7 Å². The van der Waals surface area contributed by atoms with Crippen LogP contribution in [0.1, 0.15) is 17.7 Å². The van der Waals surface area contributed by atoms with E-state index >= 15 is 0 Å². The van der Waals surface area contributed by atoms with E-state index in [4.69, 9.17) is 0 Å². The van der Waals surface area contributed by atoms with Crippen LogP contribution in [0.25, 0.3) is 0 Å². The predicted molar refractivity (Wildman–Crippen MR) is 92.4 cm³/mol. The van der Waals surface area contributed by atoms with Crippen LogP contribution in [-0.2, 0) is 11.2 Å². The van der Waals surface area contributed by atoms with Gasteiger partial charge in [0.2, 0.25) is 5.91 Å². The normalized spacial score (nSPS) is 15.2. The molecule has 0 N–H and O–H groups in total. The van der Waals surface area contributed by atoms with Crippen LogP contribution in [0.4, 0.5) is 14.5 Å². The molecular formula is C19H21F2N3O. The number of aryl methyl sites for hydroxylation is 1. The number of rotatable bonds is 3. The van der Waals surface area contributed by atoms with Crippen molar-refractivity contribution in [3.05, 3.63) is 59.4 Å². The van der Waals surface area contributed by atoms with Crippen LogP contribution in [0, 0.1) is 18.6 Å². The van der Waals surface area contributed by atoms with Crippen molar-refractivity contribution < 1.29 is 13.6 Å². The predicted octanol–water partition coefficient (Wildman–Crippen LogP) is 2.95. The van der Waals surface area contributed by atoms with E-state index in [1.54, 1.807) is 11.1 Å². The topological polar surface area (TPSA) is 36.4 Å². The molecule has 2 aromatic rings. The standard InChI is InChI=1S/C19H21F2N3O/c1-14-9-18(3-4-22-14)23-5-2-6-24(8-7-23)19(25)12-15-10-16(20)13-17(21)11-15/h3-4,9-11,13H,2,5-8,12H2,1H3. The Morgan fingerprint density at radius 2 is 1.84 bits per heavy atom. The molecule has 1 saturated heterocycles. The number of carbonyl (C=O) groups excluding carboxylic acids is 1. The number of nitrogens with zero attached hydrogens (tertiary/aromatic N) is 3. The van der Waals surface area contributed by atoms with E-state index < -0.39 is 11.6 Å². The van der Waals surface area contributed by atoms with Crippen molar-refractivity contribution in [3.8, 4) is 0 Å². The number of benzene rings is 1. The third-order valence-corrected chi connectivity index (χ3v) is 4.37. The lowest BCUT2D eigenvalue weighted by Crippen LogP contribution is -2.36. The van der Waals surface area contributed by atoms with Crippen LogP contribution >= 0.6 is 0 Å². The number of hydrogen-bond donors (Lipinski definition) is 0. The van der Waals surface area contributed by atoms with Crippen molar-refractivity contribution in [1.29, 1.82) is 0 Å². The lowest BCUT2D eigenvalue weighted by Gasteiger charge is -2.24. The molecule has 3 rings (SSSR count). The van der Waals surface area contributed by atoms with Gasteiger partial charge in [-0.25, -0.2) is 8.78 Å². The van der Waals surface area contributed by atoms with Gasteiger partial charge in [0.1, 0.15) is 11.6 Å². The Hall–Kier alpha value is -2.50. The summed E-state index contributed by atoms with van der Waals surface area (Å²) in [6.45, 7) is 4.79. The van der Waals surface area contributed by atoms with Crippen molar-refractivity contribution in [3.63, 3.8) is 0 Å². The fourth-order valence-corrected chi connectivity index (χ4v) is 3.15. The summed E-state index contributed by atoms with van der Waals surface area (Å²) in [7, 11) is 0. The molecule has 0 atom stereocenters. The van der Waals surface area contributed by atoms with E-state index in [1.165, 1.54) is 12.1 Å². The first-order valence-corrected chi connectivity index (χ1v) is 8.41. The quantitative estimate of drug-likeness (QED) is 0.858. The van der Waals surface area contributed by atoms with Gasteiger partial charge in [-0.15, -0.1) is 0 Å². The van der Waals surface area contributed by atoms with Crippen molar-refractivity contribution in [2.45, 2.75) is 19.8 Å². The highest BCUT2D eigenvalue weighted by atomic mass is 19.1. The highest BCUT2D eigenvalue weighted by molar-refractivity contribution is 5.79. The molecule has 132 valence electrons. The highest BCUT2D eigenvalue weighted by Gasteiger charge is 2.20. The summed E-state index contributed by atoms with van der Waals surface area (Å²) in [4.78, 5) is 20.7. The third kappa shape index (κ3) is 4.53. The number of anilines is 1. The first kappa shape index (κ1) is 17.3. The maximum atomic E-state index is 13.3. The Bertz CT molecular complexity index is 746. The summed E-state index contributed by atoms with van der Waals surface area (Å²) in [5.41, 5.74) is 2.44. The zero-order chi connectivity index (χ0) is 17.8. The molecule has 1 aromatic heterocycles. The summed E-state index contributed by atoms with van der Waals surface area (Å²) in [6.07, 6.45) is 2.66. The second-order valence-corrected chi connectivity index (χ2v) is 6.33. The Labute approximate surface area is 146 Å². The van der Waals surface area contributed by atoms with Gasteiger partial charge in [-0.3, -0.25) is 9.78 Å². The van der Waals surface area contributed by atoms with Gasteiger partial charge in [-0.2, -0.15) is 0 Å². The minimum absolute atomic E-state index is 0.0169. The monoisotopic (exact) mass is 345 g/mol.